The van der Waals surface area contributed by atoms with Crippen molar-refractivity contribution in [1.82, 2.24) is 5.32 Å². The van der Waals surface area contributed by atoms with Gasteiger partial charge in [-0.1, -0.05) is 18.2 Å². The first-order valence-corrected chi connectivity index (χ1v) is 7.05. The van der Waals surface area contributed by atoms with Gasteiger partial charge in [-0.3, -0.25) is 0 Å². The molecule has 3 nitrogen and oxygen atoms in total. The number of benzene rings is 2. The van der Waals surface area contributed by atoms with E-state index < -0.39 is 23.7 Å². The van der Waals surface area contributed by atoms with E-state index in [1.54, 1.807) is 0 Å². The van der Waals surface area contributed by atoms with Crippen LogP contribution in [0.4, 0.5) is 22.0 Å². The molecule has 0 aliphatic carbocycles. The van der Waals surface area contributed by atoms with Gasteiger partial charge in [-0.25, -0.2) is 8.78 Å². The number of ether oxygens (including phenoxy) is 2. The van der Waals surface area contributed by atoms with Crippen molar-refractivity contribution in [3.63, 3.8) is 0 Å². The van der Waals surface area contributed by atoms with E-state index in [4.69, 9.17) is 4.74 Å². The Balaban J connectivity index is 1.99. The van der Waals surface area contributed by atoms with Crippen LogP contribution in [0.3, 0.4) is 0 Å². The fourth-order valence-electron chi connectivity index (χ4n) is 2.23. The molecule has 1 N–H and O–H groups in total. The zero-order valence-corrected chi connectivity index (χ0v) is 12.2. The average molecular weight is 345 g/mol. The van der Waals surface area contributed by atoms with E-state index in [1.807, 2.05) is 0 Å². The minimum absolute atomic E-state index is 0.0466. The summed E-state index contributed by atoms with van der Waals surface area (Å²) in [6, 6.07) is 7.03. The number of hydrogen-bond donors (Lipinski definition) is 1. The number of halogens is 5. The molecule has 128 valence electrons. The lowest BCUT2D eigenvalue weighted by atomic mass is 10.0. The minimum atomic E-state index is -4.94. The first-order chi connectivity index (χ1) is 11.3. The molecule has 0 radical (unpaired) electrons. The molecule has 24 heavy (non-hydrogen) atoms. The third-order valence-electron chi connectivity index (χ3n) is 3.47. The Kier molecular flexibility index (Phi) is 4.31. The summed E-state index contributed by atoms with van der Waals surface area (Å²) in [6.07, 6.45) is -5.20. The van der Waals surface area contributed by atoms with Crippen LogP contribution in [-0.2, 0) is 0 Å². The SMILES string of the molecule is Fc1cccc(-c2ccc(OC3CNC3)c(OC(F)(F)F)c2)c1F. The molecule has 8 heteroatoms. The van der Waals surface area contributed by atoms with Crippen molar-refractivity contribution in [1.29, 1.82) is 0 Å². The standard InChI is InChI=1S/C16H12F5NO2/c17-12-3-1-2-11(15(12)18)9-4-5-13(23-10-7-22-8-10)14(6-9)24-16(19,20)21/h1-6,10,22H,7-8H2. The molecule has 1 heterocycles. The largest absolute Gasteiger partial charge is 0.573 e. The zero-order chi connectivity index (χ0) is 17.3. The Morgan fingerprint density at radius 3 is 2.38 bits per heavy atom. The van der Waals surface area contributed by atoms with Gasteiger partial charge in [0.05, 0.1) is 0 Å². The quantitative estimate of drug-likeness (QED) is 0.853. The van der Waals surface area contributed by atoms with Crippen molar-refractivity contribution in [3.05, 3.63) is 48.0 Å². The Bertz CT molecular complexity index is 744. The molecule has 0 bridgehead atoms. The first-order valence-electron chi connectivity index (χ1n) is 7.05. The van der Waals surface area contributed by atoms with Gasteiger partial charge in [-0.05, 0) is 23.8 Å². The second-order valence-corrected chi connectivity index (χ2v) is 5.21. The molecule has 2 aromatic carbocycles. The normalized spacial score (nSPS) is 15.0. The zero-order valence-electron chi connectivity index (χ0n) is 12.2. The summed E-state index contributed by atoms with van der Waals surface area (Å²) in [5, 5.41) is 2.92. The summed E-state index contributed by atoms with van der Waals surface area (Å²) in [4.78, 5) is 0. The Morgan fingerprint density at radius 2 is 1.75 bits per heavy atom. The second-order valence-electron chi connectivity index (χ2n) is 5.21. The van der Waals surface area contributed by atoms with E-state index in [0.29, 0.717) is 13.1 Å². The monoisotopic (exact) mass is 345 g/mol. The highest BCUT2D eigenvalue weighted by Gasteiger charge is 2.33. The van der Waals surface area contributed by atoms with Gasteiger partial charge < -0.3 is 14.8 Å². The second kappa shape index (κ2) is 6.27. The highest BCUT2D eigenvalue weighted by molar-refractivity contribution is 5.68. The molecule has 0 spiro atoms. The van der Waals surface area contributed by atoms with E-state index in [2.05, 4.69) is 10.1 Å². The highest BCUT2D eigenvalue weighted by atomic mass is 19.4. The average Bonchev–Trinajstić information content (AvgIpc) is 2.45. The smallest absolute Gasteiger partial charge is 0.484 e. The van der Waals surface area contributed by atoms with Gasteiger partial charge in [0.2, 0.25) is 0 Å². The fraction of sp³-hybridized carbons (Fsp3) is 0.250. The Morgan fingerprint density at radius 1 is 1.00 bits per heavy atom. The van der Waals surface area contributed by atoms with Crippen LogP contribution in [0.15, 0.2) is 36.4 Å². The maximum absolute atomic E-state index is 13.9. The molecular weight excluding hydrogens is 333 g/mol. The maximum Gasteiger partial charge on any atom is 0.573 e. The van der Waals surface area contributed by atoms with Crippen molar-refractivity contribution in [3.8, 4) is 22.6 Å². The third kappa shape index (κ3) is 3.59. The van der Waals surface area contributed by atoms with Crippen molar-refractivity contribution >= 4 is 0 Å². The molecule has 1 saturated heterocycles. The summed E-state index contributed by atoms with van der Waals surface area (Å²) in [7, 11) is 0. The number of alkyl halides is 3. The predicted octanol–water partition coefficient (Wildman–Crippen LogP) is 3.88. The fourth-order valence-corrected chi connectivity index (χ4v) is 2.23. The first kappa shape index (κ1) is 16.5. The van der Waals surface area contributed by atoms with Crippen LogP contribution in [0.2, 0.25) is 0 Å². The van der Waals surface area contributed by atoms with Crippen LogP contribution in [0.5, 0.6) is 11.5 Å². The molecule has 0 amide bonds. The third-order valence-corrected chi connectivity index (χ3v) is 3.47. The molecule has 0 atom stereocenters. The van der Waals surface area contributed by atoms with Crippen LogP contribution in [0.25, 0.3) is 11.1 Å². The number of hydrogen-bond acceptors (Lipinski definition) is 3. The summed E-state index contributed by atoms with van der Waals surface area (Å²) in [6.45, 7) is 1.01. The Hall–Kier alpha value is -2.35. The van der Waals surface area contributed by atoms with Gasteiger partial charge in [0.15, 0.2) is 23.1 Å². The van der Waals surface area contributed by atoms with Crippen LogP contribution in [-0.4, -0.2) is 25.6 Å². The lowest BCUT2D eigenvalue weighted by Crippen LogP contribution is -2.50. The van der Waals surface area contributed by atoms with Crippen LogP contribution in [0.1, 0.15) is 0 Å². The van der Waals surface area contributed by atoms with E-state index >= 15 is 0 Å². The van der Waals surface area contributed by atoms with E-state index in [0.717, 1.165) is 12.1 Å². The molecule has 1 aliphatic heterocycles. The predicted molar refractivity (Wildman–Crippen MR) is 75.8 cm³/mol. The summed E-state index contributed by atoms with van der Waals surface area (Å²) in [5.41, 5.74) is -0.121. The van der Waals surface area contributed by atoms with Crippen molar-refractivity contribution in [2.24, 2.45) is 0 Å². The van der Waals surface area contributed by atoms with Gasteiger partial charge in [0.25, 0.3) is 0 Å². The number of rotatable bonds is 4. The molecule has 1 aliphatic rings. The molecule has 0 saturated carbocycles. The lowest BCUT2D eigenvalue weighted by molar-refractivity contribution is -0.275. The molecule has 1 fully saturated rings. The van der Waals surface area contributed by atoms with E-state index in [1.165, 1.54) is 24.3 Å². The lowest BCUT2D eigenvalue weighted by Gasteiger charge is -2.28. The van der Waals surface area contributed by atoms with Crippen molar-refractivity contribution in [2.75, 3.05) is 13.1 Å². The van der Waals surface area contributed by atoms with Gasteiger partial charge in [-0.15, -0.1) is 13.2 Å². The summed E-state index contributed by atoms with van der Waals surface area (Å²) in [5.74, 6) is -2.95. The summed E-state index contributed by atoms with van der Waals surface area (Å²) < 4.78 is 74.4. The molecule has 0 unspecified atom stereocenters. The van der Waals surface area contributed by atoms with E-state index in [-0.39, 0.29) is 23.0 Å². The Labute approximate surface area is 134 Å². The minimum Gasteiger partial charge on any atom is -0.484 e. The maximum atomic E-state index is 13.9. The van der Waals surface area contributed by atoms with Crippen LogP contribution in [0, 0.1) is 11.6 Å². The topological polar surface area (TPSA) is 30.5 Å². The molecule has 3 rings (SSSR count). The molecular formula is C16H12F5NO2. The van der Waals surface area contributed by atoms with Crippen LogP contribution < -0.4 is 14.8 Å². The van der Waals surface area contributed by atoms with E-state index in [9.17, 15) is 22.0 Å². The summed E-state index contributed by atoms with van der Waals surface area (Å²) >= 11 is 0. The van der Waals surface area contributed by atoms with Crippen LogP contribution >= 0.6 is 0 Å². The van der Waals surface area contributed by atoms with Crippen molar-refractivity contribution in [2.45, 2.75) is 12.5 Å². The number of nitrogens with one attached hydrogen (secondary N) is 1. The van der Waals surface area contributed by atoms with Gasteiger partial charge in [-0.2, -0.15) is 0 Å². The molecule has 0 aromatic heterocycles. The van der Waals surface area contributed by atoms with Gasteiger partial charge in [0.1, 0.15) is 6.10 Å². The van der Waals surface area contributed by atoms with Gasteiger partial charge >= 0.3 is 6.36 Å². The highest BCUT2D eigenvalue weighted by Crippen LogP contribution is 2.37. The molecule has 2 aromatic rings. The van der Waals surface area contributed by atoms with Gasteiger partial charge in [0, 0.05) is 18.7 Å². The van der Waals surface area contributed by atoms with Crippen molar-refractivity contribution < 1.29 is 31.4 Å².